The number of rotatable bonds is 10. The minimum absolute atomic E-state index is 0.111. The van der Waals surface area contributed by atoms with Crippen molar-refractivity contribution in [1.82, 2.24) is 15.5 Å². The van der Waals surface area contributed by atoms with Gasteiger partial charge in [0.25, 0.3) is 0 Å². The van der Waals surface area contributed by atoms with Crippen molar-refractivity contribution in [2.45, 2.75) is 71.3 Å². The molecule has 0 aliphatic carbocycles. The Labute approximate surface area is 236 Å². The van der Waals surface area contributed by atoms with Crippen LogP contribution in [0.2, 0.25) is 0 Å². The summed E-state index contributed by atoms with van der Waals surface area (Å²) in [5.41, 5.74) is 1.24. The second kappa shape index (κ2) is 13.6. The van der Waals surface area contributed by atoms with Gasteiger partial charge in [-0.05, 0) is 51.8 Å². The van der Waals surface area contributed by atoms with Crippen molar-refractivity contribution in [3.63, 3.8) is 0 Å². The summed E-state index contributed by atoms with van der Waals surface area (Å²) in [5, 5.41) is 16.4. The number of nitrogens with one attached hydrogen (secondary N) is 2. The molecule has 3 N–H and O–H groups in total. The molecule has 0 bridgehead atoms. The van der Waals surface area contributed by atoms with Crippen molar-refractivity contribution in [2.24, 2.45) is 0 Å². The van der Waals surface area contributed by atoms with Gasteiger partial charge in [0, 0.05) is 24.6 Å². The molecule has 0 radical (unpaired) electrons. The van der Waals surface area contributed by atoms with E-state index < -0.39 is 41.6 Å². The van der Waals surface area contributed by atoms with Crippen LogP contribution in [0.25, 0.3) is 0 Å². The van der Waals surface area contributed by atoms with Crippen molar-refractivity contribution >= 4 is 17.9 Å². The van der Waals surface area contributed by atoms with Gasteiger partial charge in [0.15, 0.2) is 0 Å². The highest BCUT2D eigenvalue weighted by atomic mass is 16.6. The first-order valence-corrected chi connectivity index (χ1v) is 13.4. The quantitative estimate of drug-likeness (QED) is 0.328. The normalized spacial score (nSPS) is 12.8. The number of phenols is 1. The predicted octanol–water partition coefficient (Wildman–Crippen LogP) is 5.12. The van der Waals surface area contributed by atoms with E-state index in [9.17, 15) is 19.5 Å². The fourth-order valence-corrected chi connectivity index (χ4v) is 4.38. The van der Waals surface area contributed by atoms with E-state index in [2.05, 4.69) is 10.6 Å². The van der Waals surface area contributed by atoms with Gasteiger partial charge in [0.1, 0.15) is 23.4 Å². The summed E-state index contributed by atoms with van der Waals surface area (Å²) in [6.07, 6.45) is -0.556. The maximum Gasteiger partial charge on any atom is 0.408 e. The molecule has 0 aliphatic heterocycles. The number of phenolic OH excluding ortho intramolecular Hbond substituents is 1. The largest absolute Gasteiger partial charge is 0.508 e. The van der Waals surface area contributed by atoms with Gasteiger partial charge in [0.05, 0.1) is 0 Å². The highest BCUT2D eigenvalue weighted by Gasteiger charge is 2.38. The third kappa shape index (κ3) is 8.59. The van der Waals surface area contributed by atoms with Crippen molar-refractivity contribution in [3.05, 3.63) is 102 Å². The minimum Gasteiger partial charge on any atom is -0.508 e. The zero-order valence-electron chi connectivity index (χ0n) is 23.8. The van der Waals surface area contributed by atoms with Crippen LogP contribution in [0.3, 0.4) is 0 Å². The SMILES string of the molecule is CC(C)N(C(=O)C(Cc1ccccc1)NC(=O)OC(C)(C)C)C(C(=O)NCc1ccccc1)c1ccccc1O. The van der Waals surface area contributed by atoms with E-state index in [1.54, 1.807) is 52.8 Å². The zero-order chi connectivity index (χ0) is 29.3. The van der Waals surface area contributed by atoms with Crippen LogP contribution in [0.1, 0.15) is 57.4 Å². The molecule has 0 heterocycles. The lowest BCUT2D eigenvalue weighted by Gasteiger charge is -2.37. The smallest absolute Gasteiger partial charge is 0.408 e. The van der Waals surface area contributed by atoms with Crippen LogP contribution in [0.15, 0.2) is 84.9 Å². The molecule has 0 aromatic heterocycles. The van der Waals surface area contributed by atoms with Crippen LogP contribution < -0.4 is 10.6 Å². The van der Waals surface area contributed by atoms with E-state index in [0.717, 1.165) is 11.1 Å². The maximum absolute atomic E-state index is 14.3. The molecule has 2 atom stereocenters. The first-order valence-electron chi connectivity index (χ1n) is 13.4. The van der Waals surface area contributed by atoms with Gasteiger partial charge < -0.3 is 25.4 Å². The molecule has 0 spiro atoms. The molecule has 40 heavy (non-hydrogen) atoms. The summed E-state index contributed by atoms with van der Waals surface area (Å²) in [6.45, 7) is 9.06. The summed E-state index contributed by atoms with van der Waals surface area (Å²) < 4.78 is 5.46. The average Bonchev–Trinajstić information content (AvgIpc) is 2.90. The number of amides is 3. The van der Waals surface area contributed by atoms with E-state index in [-0.39, 0.29) is 24.3 Å². The first-order chi connectivity index (χ1) is 19.0. The standard InChI is InChI=1S/C32H39N3O5/c1-22(2)35(30(38)26(20-23-14-8-6-9-15-23)34-31(39)40-32(3,4)5)28(25-18-12-13-19-27(25)36)29(37)33-21-24-16-10-7-11-17-24/h6-19,22,26,28,36H,20-21H2,1-5H3,(H,33,37)(H,34,39). The number of carbonyl (C=O) groups is 3. The van der Waals surface area contributed by atoms with Crippen molar-refractivity contribution in [3.8, 4) is 5.75 Å². The molecule has 8 nitrogen and oxygen atoms in total. The van der Waals surface area contributed by atoms with Gasteiger partial charge >= 0.3 is 6.09 Å². The summed E-state index contributed by atoms with van der Waals surface area (Å²) >= 11 is 0. The molecular weight excluding hydrogens is 506 g/mol. The van der Waals surface area contributed by atoms with Crippen LogP contribution in [-0.2, 0) is 27.3 Å². The summed E-state index contributed by atoms with van der Waals surface area (Å²) in [6, 6.07) is 22.5. The van der Waals surface area contributed by atoms with Gasteiger partial charge in [0.2, 0.25) is 11.8 Å². The van der Waals surface area contributed by atoms with Crippen LogP contribution in [0.4, 0.5) is 4.79 Å². The molecule has 8 heteroatoms. The van der Waals surface area contributed by atoms with E-state index in [4.69, 9.17) is 4.74 Å². The minimum atomic E-state index is -1.16. The number of para-hydroxylation sites is 1. The van der Waals surface area contributed by atoms with E-state index in [0.29, 0.717) is 0 Å². The van der Waals surface area contributed by atoms with Gasteiger partial charge in [-0.25, -0.2) is 4.79 Å². The van der Waals surface area contributed by atoms with E-state index in [1.165, 1.54) is 11.0 Å². The molecule has 0 saturated heterocycles. The lowest BCUT2D eigenvalue weighted by atomic mass is 9.98. The zero-order valence-corrected chi connectivity index (χ0v) is 23.8. The molecule has 212 valence electrons. The van der Waals surface area contributed by atoms with Crippen molar-refractivity contribution in [1.29, 1.82) is 0 Å². The number of ether oxygens (including phenoxy) is 1. The molecule has 2 unspecified atom stereocenters. The number of alkyl carbamates (subject to hydrolysis) is 1. The molecule has 0 fully saturated rings. The number of aromatic hydroxyl groups is 1. The van der Waals surface area contributed by atoms with Crippen LogP contribution in [0, 0.1) is 0 Å². The third-order valence-corrected chi connectivity index (χ3v) is 6.15. The Bertz CT molecular complexity index is 1270. The Morgan fingerprint density at radius 3 is 1.95 bits per heavy atom. The summed E-state index contributed by atoms with van der Waals surface area (Å²) in [5.74, 6) is -1.04. The Kier molecular flexibility index (Phi) is 10.3. The van der Waals surface area contributed by atoms with E-state index in [1.807, 2.05) is 60.7 Å². The second-order valence-corrected chi connectivity index (χ2v) is 10.9. The van der Waals surface area contributed by atoms with Crippen molar-refractivity contribution < 1.29 is 24.2 Å². The monoisotopic (exact) mass is 545 g/mol. The first kappa shape index (κ1) is 30.2. The molecule has 3 aromatic carbocycles. The number of nitrogens with zero attached hydrogens (tertiary/aromatic N) is 1. The second-order valence-electron chi connectivity index (χ2n) is 10.9. The topological polar surface area (TPSA) is 108 Å². The Balaban J connectivity index is 2.00. The molecule has 0 aliphatic rings. The molecule has 0 saturated carbocycles. The average molecular weight is 546 g/mol. The number of hydrogen-bond donors (Lipinski definition) is 3. The fourth-order valence-electron chi connectivity index (χ4n) is 4.38. The predicted molar refractivity (Wildman–Crippen MR) is 154 cm³/mol. The number of carbonyl (C=O) groups excluding carboxylic acids is 3. The highest BCUT2D eigenvalue weighted by molar-refractivity contribution is 5.93. The van der Waals surface area contributed by atoms with E-state index >= 15 is 0 Å². The molecule has 3 amide bonds. The van der Waals surface area contributed by atoms with Gasteiger partial charge in [-0.15, -0.1) is 0 Å². The Morgan fingerprint density at radius 2 is 1.40 bits per heavy atom. The molecular formula is C32H39N3O5. The maximum atomic E-state index is 14.3. The van der Waals surface area contributed by atoms with Crippen LogP contribution >= 0.6 is 0 Å². The van der Waals surface area contributed by atoms with Crippen LogP contribution in [0.5, 0.6) is 5.75 Å². The van der Waals surface area contributed by atoms with Gasteiger partial charge in [-0.3, -0.25) is 9.59 Å². The Hall–Kier alpha value is -4.33. The molecule has 3 aromatic rings. The Morgan fingerprint density at radius 1 is 0.850 bits per heavy atom. The lowest BCUT2D eigenvalue weighted by molar-refractivity contribution is -0.144. The number of hydrogen-bond acceptors (Lipinski definition) is 5. The van der Waals surface area contributed by atoms with Crippen molar-refractivity contribution in [2.75, 3.05) is 0 Å². The van der Waals surface area contributed by atoms with Crippen LogP contribution in [-0.4, -0.2) is 45.6 Å². The summed E-state index contributed by atoms with van der Waals surface area (Å²) in [7, 11) is 0. The number of benzene rings is 3. The fraction of sp³-hybridized carbons (Fsp3) is 0.344. The summed E-state index contributed by atoms with van der Waals surface area (Å²) in [4.78, 5) is 42.3. The lowest BCUT2D eigenvalue weighted by Crippen LogP contribution is -2.55. The van der Waals surface area contributed by atoms with Gasteiger partial charge in [-0.2, -0.15) is 0 Å². The highest BCUT2D eigenvalue weighted by Crippen LogP contribution is 2.31. The third-order valence-electron chi connectivity index (χ3n) is 6.15. The molecule has 3 rings (SSSR count). The van der Waals surface area contributed by atoms with Gasteiger partial charge in [-0.1, -0.05) is 78.9 Å².